The Bertz CT molecular complexity index is 239. The summed E-state index contributed by atoms with van der Waals surface area (Å²) in [5.41, 5.74) is 1.64. The van der Waals surface area contributed by atoms with Crippen LogP contribution in [-0.2, 0) is 4.79 Å². The van der Waals surface area contributed by atoms with Crippen molar-refractivity contribution in [3.8, 4) is 0 Å². The van der Waals surface area contributed by atoms with E-state index >= 15 is 0 Å². The zero-order valence-corrected chi connectivity index (χ0v) is 7.73. The normalized spacial score (nSPS) is 41.6. The number of Topliss-reactive ketones (excluding diaryl/α,β-unsaturated/α-hetero) is 1. The van der Waals surface area contributed by atoms with Crippen molar-refractivity contribution in [3.05, 3.63) is 12.2 Å². The fraction of sp³-hybridized carbons (Fsp3) is 0.727. The molecule has 66 valence electrons. The molecule has 0 aliphatic heterocycles. The molecule has 1 nitrogen and oxygen atoms in total. The Balaban J connectivity index is 2.21. The Kier molecular flexibility index (Phi) is 1.64. The molecule has 0 radical (unpaired) electrons. The zero-order valence-electron chi connectivity index (χ0n) is 7.73. The van der Waals surface area contributed by atoms with Gasteiger partial charge in [-0.25, -0.2) is 0 Å². The largest absolute Gasteiger partial charge is 0.300 e. The molecule has 0 spiro atoms. The number of fused-ring (bicyclic) bond motifs is 1. The van der Waals surface area contributed by atoms with Crippen LogP contribution in [0.15, 0.2) is 12.2 Å². The Hall–Kier alpha value is -0.590. The van der Waals surface area contributed by atoms with Crippen molar-refractivity contribution >= 4 is 5.78 Å². The fourth-order valence-corrected chi connectivity index (χ4v) is 2.91. The molecular weight excluding hydrogens is 148 g/mol. The number of allylic oxidation sites excluding steroid dienone is 1. The predicted octanol–water partition coefficient (Wildman–Crippen LogP) is 2.71. The first-order chi connectivity index (χ1) is 5.60. The molecule has 0 aromatic heterocycles. The topological polar surface area (TPSA) is 17.1 Å². The summed E-state index contributed by atoms with van der Waals surface area (Å²) in [5, 5.41) is 0. The van der Waals surface area contributed by atoms with Crippen molar-refractivity contribution in [3.63, 3.8) is 0 Å². The summed E-state index contributed by atoms with van der Waals surface area (Å²) in [7, 11) is 0. The van der Waals surface area contributed by atoms with E-state index in [9.17, 15) is 4.79 Å². The van der Waals surface area contributed by atoms with Crippen molar-refractivity contribution in [2.75, 3.05) is 0 Å². The molecule has 2 aliphatic carbocycles. The molecular formula is C11H16O. The second kappa shape index (κ2) is 2.45. The minimum atomic E-state index is 0.284. The second-order valence-corrected chi connectivity index (χ2v) is 4.74. The van der Waals surface area contributed by atoms with Crippen molar-refractivity contribution in [1.82, 2.24) is 0 Å². The first-order valence-corrected chi connectivity index (χ1v) is 4.78. The van der Waals surface area contributed by atoms with Gasteiger partial charge in [0.15, 0.2) is 0 Å². The maximum atomic E-state index is 11.3. The molecule has 2 atom stereocenters. The smallest absolute Gasteiger partial charge is 0.133 e. The third-order valence-corrected chi connectivity index (χ3v) is 3.55. The van der Waals surface area contributed by atoms with Crippen LogP contribution in [0.2, 0.25) is 0 Å². The first-order valence-electron chi connectivity index (χ1n) is 4.78. The average Bonchev–Trinajstić information content (AvgIpc) is 2.22. The van der Waals surface area contributed by atoms with Crippen LogP contribution in [0.3, 0.4) is 0 Å². The molecule has 2 rings (SSSR count). The highest BCUT2D eigenvalue weighted by atomic mass is 16.1. The van der Waals surface area contributed by atoms with E-state index in [4.69, 9.17) is 0 Å². The maximum Gasteiger partial charge on any atom is 0.133 e. The lowest BCUT2D eigenvalue weighted by atomic mass is 9.69. The zero-order chi connectivity index (χ0) is 8.77. The first kappa shape index (κ1) is 8.03. The summed E-state index contributed by atoms with van der Waals surface area (Å²) < 4.78 is 0. The highest BCUT2D eigenvalue weighted by Gasteiger charge is 2.44. The molecule has 2 saturated carbocycles. The van der Waals surface area contributed by atoms with Gasteiger partial charge >= 0.3 is 0 Å². The van der Waals surface area contributed by atoms with Gasteiger partial charge in [0.2, 0.25) is 0 Å². The van der Waals surface area contributed by atoms with Crippen molar-refractivity contribution in [2.45, 2.75) is 39.0 Å². The van der Waals surface area contributed by atoms with E-state index in [1.807, 2.05) is 0 Å². The summed E-state index contributed by atoms with van der Waals surface area (Å²) in [6, 6.07) is 0. The molecule has 0 aromatic carbocycles. The molecule has 1 heteroatoms. The lowest BCUT2D eigenvalue weighted by Crippen LogP contribution is -2.30. The quantitative estimate of drug-likeness (QED) is 0.503. The maximum absolute atomic E-state index is 11.3. The molecule has 0 saturated heterocycles. The molecule has 0 N–H and O–H groups in total. The van der Waals surface area contributed by atoms with Crippen molar-refractivity contribution < 1.29 is 4.79 Å². The Morgan fingerprint density at radius 3 is 3.00 bits per heavy atom. The molecule has 0 bridgehead atoms. The molecule has 12 heavy (non-hydrogen) atoms. The van der Waals surface area contributed by atoms with Crippen LogP contribution in [-0.4, -0.2) is 5.78 Å². The fourth-order valence-electron chi connectivity index (χ4n) is 2.91. The predicted molar refractivity (Wildman–Crippen MR) is 48.8 cm³/mol. The molecule has 0 aromatic rings. The molecule has 2 unspecified atom stereocenters. The average molecular weight is 164 g/mol. The van der Waals surface area contributed by atoms with Gasteiger partial charge in [0.05, 0.1) is 0 Å². The summed E-state index contributed by atoms with van der Waals surface area (Å²) in [6.07, 6.45) is 4.98. The lowest BCUT2D eigenvalue weighted by molar-refractivity contribution is -0.124. The molecule has 2 aliphatic rings. The van der Waals surface area contributed by atoms with Gasteiger partial charge in [-0.2, -0.15) is 0 Å². The van der Waals surface area contributed by atoms with Crippen LogP contribution in [0, 0.1) is 11.3 Å². The third-order valence-electron chi connectivity index (χ3n) is 3.55. The van der Waals surface area contributed by atoms with Gasteiger partial charge in [0, 0.05) is 12.8 Å². The van der Waals surface area contributed by atoms with Gasteiger partial charge in [-0.3, -0.25) is 4.79 Å². The van der Waals surface area contributed by atoms with Crippen LogP contribution >= 0.6 is 0 Å². The SMILES string of the molecule is C=C1CC2CCC(=O)CC2(C)C1. The summed E-state index contributed by atoms with van der Waals surface area (Å²) in [5.74, 6) is 1.21. The van der Waals surface area contributed by atoms with Crippen LogP contribution in [0.1, 0.15) is 39.0 Å². The van der Waals surface area contributed by atoms with E-state index in [1.165, 1.54) is 12.0 Å². The monoisotopic (exact) mass is 164 g/mol. The minimum Gasteiger partial charge on any atom is -0.300 e. The van der Waals surface area contributed by atoms with Crippen molar-refractivity contribution in [2.24, 2.45) is 11.3 Å². The highest BCUT2D eigenvalue weighted by molar-refractivity contribution is 5.80. The Labute approximate surface area is 73.8 Å². The standard InChI is InChI=1S/C11H16O/c1-8-5-9-3-4-10(12)7-11(9,2)6-8/h9H,1,3-7H2,2H3. The molecule has 0 amide bonds. The highest BCUT2D eigenvalue weighted by Crippen LogP contribution is 2.52. The van der Waals surface area contributed by atoms with E-state index in [-0.39, 0.29) is 5.41 Å². The van der Waals surface area contributed by atoms with Gasteiger partial charge in [-0.05, 0) is 30.6 Å². The van der Waals surface area contributed by atoms with E-state index in [0.29, 0.717) is 5.78 Å². The van der Waals surface area contributed by atoms with Gasteiger partial charge in [-0.15, -0.1) is 0 Å². The van der Waals surface area contributed by atoms with Crippen LogP contribution in [0.5, 0.6) is 0 Å². The number of rotatable bonds is 0. The molecule has 2 fully saturated rings. The van der Waals surface area contributed by atoms with Gasteiger partial charge in [0.25, 0.3) is 0 Å². The van der Waals surface area contributed by atoms with E-state index in [0.717, 1.165) is 31.6 Å². The van der Waals surface area contributed by atoms with Crippen LogP contribution < -0.4 is 0 Å². The Morgan fingerprint density at radius 1 is 1.50 bits per heavy atom. The van der Waals surface area contributed by atoms with E-state index in [2.05, 4.69) is 13.5 Å². The number of hydrogen-bond acceptors (Lipinski definition) is 1. The number of hydrogen-bond donors (Lipinski definition) is 0. The summed E-state index contributed by atoms with van der Waals surface area (Å²) in [6.45, 7) is 6.29. The number of ketones is 1. The van der Waals surface area contributed by atoms with Crippen molar-refractivity contribution in [1.29, 1.82) is 0 Å². The summed E-state index contributed by atoms with van der Waals surface area (Å²) in [4.78, 5) is 11.3. The van der Waals surface area contributed by atoms with E-state index < -0.39 is 0 Å². The lowest BCUT2D eigenvalue weighted by Gasteiger charge is -2.34. The number of carbonyl (C=O) groups excluding carboxylic acids is 1. The minimum absolute atomic E-state index is 0.284. The molecule has 0 heterocycles. The van der Waals surface area contributed by atoms with Crippen LogP contribution in [0.25, 0.3) is 0 Å². The summed E-state index contributed by atoms with van der Waals surface area (Å²) >= 11 is 0. The van der Waals surface area contributed by atoms with Gasteiger partial charge in [-0.1, -0.05) is 19.1 Å². The van der Waals surface area contributed by atoms with Gasteiger partial charge < -0.3 is 0 Å². The van der Waals surface area contributed by atoms with Crippen LogP contribution in [0.4, 0.5) is 0 Å². The van der Waals surface area contributed by atoms with E-state index in [1.54, 1.807) is 0 Å². The number of carbonyl (C=O) groups is 1. The Morgan fingerprint density at radius 2 is 2.25 bits per heavy atom. The van der Waals surface area contributed by atoms with Gasteiger partial charge in [0.1, 0.15) is 5.78 Å². The third kappa shape index (κ3) is 1.12. The second-order valence-electron chi connectivity index (χ2n) is 4.74.